The minimum Gasteiger partial charge on any atom is -0.246 e. The van der Waals surface area contributed by atoms with Crippen LogP contribution in [0.2, 0.25) is 0 Å². The average molecular weight is 308 g/mol. The van der Waals surface area contributed by atoms with E-state index in [4.69, 9.17) is 0 Å². The number of hydrogen-bond donors (Lipinski definition) is 0. The minimum absolute atomic E-state index is 0.265. The molecule has 0 aliphatic rings. The van der Waals surface area contributed by atoms with E-state index in [0.29, 0.717) is 5.69 Å². The summed E-state index contributed by atoms with van der Waals surface area (Å²) in [5, 5.41) is 3.93. The predicted molar refractivity (Wildman–Crippen MR) is 73.4 cm³/mol. The zero-order valence-electron chi connectivity index (χ0n) is 11.3. The van der Waals surface area contributed by atoms with Gasteiger partial charge in [-0.25, -0.2) is 18.9 Å². The summed E-state index contributed by atoms with van der Waals surface area (Å²) in [6, 6.07) is 10.8. The lowest BCUT2D eigenvalue weighted by Crippen LogP contribution is -2.24. The number of rotatable bonds is 3. The quantitative estimate of drug-likeness (QED) is 0.747. The van der Waals surface area contributed by atoms with Gasteiger partial charge in [0.2, 0.25) is 0 Å². The molecule has 0 saturated heterocycles. The molecule has 0 atom stereocenters. The summed E-state index contributed by atoms with van der Waals surface area (Å²) >= 11 is 0. The van der Waals surface area contributed by atoms with Crippen molar-refractivity contribution >= 4 is 5.65 Å². The van der Waals surface area contributed by atoms with E-state index in [1.807, 2.05) is 30.3 Å². The molecular weight excluding hydrogens is 297 g/mol. The highest BCUT2D eigenvalue weighted by molar-refractivity contribution is 5.62. The van der Waals surface area contributed by atoms with Crippen LogP contribution in [0.3, 0.4) is 0 Å². The first kappa shape index (κ1) is 14.3. The molecule has 0 radical (unpaired) electrons. The Bertz CT molecular complexity index is 852. The topological polar surface area (TPSA) is 52.2 Å². The van der Waals surface area contributed by atoms with E-state index in [1.54, 1.807) is 6.07 Å². The first-order valence-corrected chi connectivity index (χ1v) is 6.51. The summed E-state index contributed by atoms with van der Waals surface area (Å²) in [6.45, 7) is -0.509. The van der Waals surface area contributed by atoms with Crippen LogP contribution in [0.15, 0.2) is 47.5 Å². The molecule has 2 aromatic heterocycles. The fraction of sp³-hybridized carbons (Fsp3) is 0.214. The lowest BCUT2D eigenvalue weighted by molar-refractivity contribution is -0.137. The van der Waals surface area contributed by atoms with E-state index in [9.17, 15) is 18.0 Å². The summed E-state index contributed by atoms with van der Waals surface area (Å²) in [5.41, 5.74) is 1.07. The van der Waals surface area contributed by atoms with Crippen molar-refractivity contribution in [1.29, 1.82) is 0 Å². The van der Waals surface area contributed by atoms with Gasteiger partial charge in [0.05, 0.1) is 18.7 Å². The van der Waals surface area contributed by atoms with Gasteiger partial charge in [-0.3, -0.25) is 0 Å². The van der Waals surface area contributed by atoms with Crippen LogP contribution in [0.1, 0.15) is 6.42 Å². The lowest BCUT2D eigenvalue weighted by Gasteiger charge is -2.04. The van der Waals surface area contributed by atoms with E-state index >= 15 is 0 Å². The van der Waals surface area contributed by atoms with Crippen LogP contribution in [-0.4, -0.2) is 25.3 Å². The molecule has 3 rings (SSSR count). The van der Waals surface area contributed by atoms with Crippen molar-refractivity contribution in [2.45, 2.75) is 19.1 Å². The molecule has 1 aromatic carbocycles. The van der Waals surface area contributed by atoms with E-state index in [2.05, 4.69) is 10.1 Å². The highest BCUT2D eigenvalue weighted by atomic mass is 19.4. The molecule has 0 amide bonds. The number of nitrogens with zero attached hydrogens (tertiary/aromatic N) is 4. The fourth-order valence-corrected chi connectivity index (χ4v) is 2.07. The fourth-order valence-electron chi connectivity index (χ4n) is 2.07. The molecule has 114 valence electrons. The zero-order chi connectivity index (χ0) is 15.7. The van der Waals surface area contributed by atoms with Gasteiger partial charge in [-0.05, 0) is 0 Å². The molecule has 0 bridgehead atoms. The second kappa shape index (κ2) is 5.28. The van der Waals surface area contributed by atoms with Crippen molar-refractivity contribution in [3.8, 4) is 11.3 Å². The Morgan fingerprint density at radius 2 is 1.86 bits per heavy atom. The normalized spacial score (nSPS) is 12.0. The highest BCUT2D eigenvalue weighted by Crippen LogP contribution is 2.20. The van der Waals surface area contributed by atoms with E-state index < -0.39 is 24.8 Å². The standard InChI is InChI=1S/C14H11F3N4O/c15-14(16,17)6-7-21-13(22)20-9-18-11(8-12(20)19-21)10-4-2-1-3-5-10/h1-5,8-9H,6-7H2. The third kappa shape index (κ3) is 2.85. The first-order chi connectivity index (χ1) is 10.4. The molecule has 8 heteroatoms. The van der Waals surface area contributed by atoms with Gasteiger partial charge < -0.3 is 0 Å². The van der Waals surface area contributed by atoms with E-state index in [0.717, 1.165) is 14.6 Å². The Morgan fingerprint density at radius 3 is 2.55 bits per heavy atom. The van der Waals surface area contributed by atoms with Gasteiger partial charge in [-0.2, -0.15) is 13.2 Å². The Hall–Kier alpha value is -2.64. The SMILES string of the molecule is O=c1n(CCC(F)(F)F)nc2cc(-c3ccccc3)ncn12. The molecule has 0 spiro atoms. The Balaban J connectivity index is 1.98. The largest absolute Gasteiger partial charge is 0.390 e. The van der Waals surface area contributed by atoms with Crippen molar-refractivity contribution in [2.75, 3.05) is 0 Å². The number of fused-ring (bicyclic) bond motifs is 1. The Morgan fingerprint density at radius 1 is 1.14 bits per heavy atom. The molecule has 3 aromatic rings. The molecule has 2 heterocycles. The van der Waals surface area contributed by atoms with Gasteiger partial charge in [0, 0.05) is 11.6 Å². The molecule has 0 aliphatic carbocycles. The van der Waals surface area contributed by atoms with Crippen LogP contribution in [0, 0.1) is 0 Å². The summed E-state index contributed by atoms with van der Waals surface area (Å²) in [7, 11) is 0. The maximum atomic E-state index is 12.3. The number of alkyl halides is 3. The third-order valence-electron chi connectivity index (χ3n) is 3.15. The number of benzene rings is 1. The Labute approximate surface area is 122 Å². The van der Waals surface area contributed by atoms with Crippen molar-refractivity contribution in [1.82, 2.24) is 19.2 Å². The zero-order valence-corrected chi connectivity index (χ0v) is 11.3. The molecule has 0 N–H and O–H groups in total. The lowest BCUT2D eigenvalue weighted by atomic mass is 10.1. The maximum absolute atomic E-state index is 12.3. The van der Waals surface area contributed by atoms with Crippen molar-refractivity contribution < 1.29 is 13.2 Å². The highest BCUT2D eigenvalue weighted by Gasteiger charge is 2.27. The summed E-state index contributed by atoms with van der Waals surface area (Å²) in [5.74, 6) is 0. The molecule has 0 saturated carbocycles. The number of aryl methyl sites for hydroxylation is 1. The van der Waals surface area contributed by atoms with Gasteiger partial charge in [0.15, 0.2) is 5.65 Å². The van der Waals surface area contributed by atoms with Crippen LogP contribution < -0.4 is 5.69 Å². The number of halogens is 3. The van der Waals surface area contributed by atoms with Gasteiger partial charge >= 0.3 is 11.9 Å². The predicted octanol–water partition coefficient (Wildman–Crippen LogP) is 2.51. The summed E-state index contributed by atoms with van der Waals surface area (Å²) < 4.78 is 38.7. The smallest absolute Gasteiger partial charge is 0.246 e. The molecular formula is C14H11F3N4O. The summed E-state index contributed by atoms with van der Waals surface area (Å²) in [6.07, 6.45) is -4.16. The second-order valence-corrected chi connectivity index (χ2v) is 4.74. The average Bonchev–Trinajstić information content (AvgIpc) is 2.81. The van der Waals surface area contributed by atoms with Crippen molar-refractivity contribution in [2.24, 2.45) is 0 Å². The van der Waals surface area contributed by atoms with Gasteiger partial charge in [0.25, 0.3) is 0 Å². The monoisotopic (exact) mass is 308 g/mol. The van der Waals surface area contributed by atoms with Crippen LogP contribution in [0.25, 0.3) is 16.9 Å². The van der Waals surface area contributed by atoms with Crippen LogP contribution >= 0.6 is 0 Å². The number of aromatic nitrogens is 4. The third-order valence-corrected chi connectivity index (χ3v) is 3.15. The van der Waals surface area contributed by atoms with Crippen LogP contribution in [-0.2, 0) is 6.54 Å². The van der Waals surface area contributed by atoms with E-state index in [1.165, 1.54) is 6.33 Å². The van der Waals surface area contributed by atoms with Gasteiger partial charge in [0.1, 0.15) is 6.33 Å². The molecule has 22 heavy (non-hydrogen) atoms. The molecule has 5 nitrogen and oxygen atoms in total. The molecule has 0 unspecified atom stereocenters. The van der Waals surface area contributed by atoms with Crippen molar-refractivity contribution in [3.63, 3.8) is 0 Å². The Kier molecular flexibility index (Phi) is 3.44. The van der Waals surface area contributed by atoms with E-state index in [-0.39, 0.29) is 5.65 Å². The number of hydrogen-bond acceptors (Lipinski definition) is 3. The van der Waals surface area contributed by atoms with Crippen LogP contribution in [0.4, 0.5) is 13.2 Å². The van der Waals surface area contributed by atoms with Crippen molar-refractivity contribution in [3.05, 3.63) is 53.2 Å². The molecule has 0 aliphatic heterocycles. The van der Waals surface area contributed by atoms with Gasteiger partial charge in [-0.15, -0.1) is 5.10 Å². The minimum atomic E-state index is -4.33. The second-order valence-electron chi connectivity index (χ2n) is 4.74. The maximum Gasteiger partial charge on any atom is 0.390 e. The van der Waals surface area contributed by atoms with Gasteiger partial charge in [-0.1, -0.05) is 30.3 Å². The summed E-state index contributed by atoms with van der Waals surface area (Å²) in [4.78, 5) is 16.1. The molecule has 0 fully saturated rings. The first-order valence-electron chi connectivity index (χ1n) is 6.51. The van der Waals surface area contributed by atoms with Crippen LogP contribution in [0.5, 0.6) is 0 Å².